The molecule has 1 aromatic carbocycles. The lowest BCUT2D eigenvalue weighted by molar-refractivity contribution is 0.776. The number of nitrogens with one attached hydrogen (secondary N) is 1. The number of halogens is 1. The summed E-state index contributed by atoms with van der Waals surface area (Å²) in [4.78, 5) is 13.0. The first-order chi connectivity index (χ1) is 10.1. The van der Waals surface area contributed by atoms with Crippen LogP contribution in [0.1, 0.15) is 25.6 Å². The Morgan fingerprint density at radius 3 is 2.76 bits per heavy atom. The molecule has 0 saturated carbocycles. The van der Waals surface area contributed by atoms with Crippen molar-refractivity contribution in [3.8, 4) is 0 Å². The van der Waals surface area contributed by atoms with Crippen molar-refractivity contribution < 1.29 is 0 Å². The van der Waals surface area contributed by atoms with Crippen LogP contribution in [-0.2, 0) is 0 Å². The van der Waals surface area contributed by atoms with Crippen LogP contribution in [0.2, 0.25) is 5.15 Å². The summed E-state index contributed by atoms with van der Waals surface area (Å²) in [6.07, 6.45) is 1.79. The first-order valence-corrected chi connectivity index (χ1v) is 7.16. The molecule has 0 amide bonds. The van der Waals surface area contributed by atoms with Crippen LogP contribution >= 0.6 is 11.6 Å². The van der Waals surface area contributed by atoms with E-state index in [1.807, 2.05) is 44.2 Å². The molecule has 0 aliphatic heterocycles. The molecule has 3 rings (SSSR count). The Labute approximate surface area is 128 Å². The van der Waals surface area contributed by atoms with Crippen LogP contribution in [0.25, 0.3) is 10.9 Å². The van der Waals surface area contributed by atoms with Crippen molar-refractivity contribution in [2.45, 2.75) is 19.8 Å². The van der Waals surface area contributed by atoms with Crippen LogP contribution < -0.4 is 5.32 Å². The van der Waals surface area contributed by atoms with Gasteiger partial charge in [0.25, 0.3) is 0 Å². The van der Waals surface area contributed by atoms with Gasteiger partial charge >= 0.3 is 0 Å². The summed E-state index contributed by atoms with van der Waals surface area (Å²) in [7, 11) is 0. The third kappa shape index (κ3) is 3.11. The topological polar surface area (TPSA) is 50.7 Å². The lowest BCUT2D eigenvalue weighted by Crippen LogP contribution is -2.02. The van der Waals surface area contributed by atoms with Crippen molar-refractivity contribution in [1.82, 2.24) is 15.0 Å². The van der Waals surface area contributed by atoms with Gasteiger partial charge in [-0.05, 0) is 24.3 Å². The fraction of sp³-hybridized carbons (Fsp3) is 0.188. The molecule has 0 fully saturated rings. The van der Waals surface area contributed by atoms with Gasteiger partial charge < -0.3 is 5.32 Å². The van der Waals surface area contributed by atoms with E-state index in [4.69, 9.17) is 11.6 Å². The van der Waals surface area contributed by atoms with Crippen molar-refractivity contribution in [3.63, 3.8) is 0 Å². The van der Waals surface area contributed by atoms with Crippen molar-refractivity contribution in [1.29, 1.82) is 0 Å². The molecule has 3 aromatic rings. The van der Waals surface area contributed by atoms with Gasteiger partial charge in [0, 0.05) is 29.3 Å². The van der Waals surface area contributed by atoms with Gasteiger partial charge in [0.05, 0.1) is 5.52 Å². The first kappa shape index (κ1) is 13.8. The largest absolute Gasteiger partial charge is 0.340 e. The van der Waals surface area contributed by atoms with E-state index in [2.05, 4.69) is 20.3 Å². The summed E-state index contributed by atoms with van der Waals surface area (Å²) in [6.45, 7) is 4.08. The molecule has 0 aliphatic rings. The van der Waals surface area contributed by atoms with E-state index in [1.54, 1.807) is 12.3 Å². The van der Waals surface area contributed by atoms with Gasteiger partial charge in [0.1, 0.15) is 16.8 Å². The monoisotopic (exact) mass is 298 g/mol. The van der Waals surface area contributed by atoms with E-state index in [9.17, 15) is 0 Å². The van der Waals surface area contributed by atoms with Gasteiger partial charge in [0.2, 0.25) is 0 Å². The van der Waals surface area contributed by atoms with E-state index < -0.39 is 0 Å². The zero-order chi connectivity index (χ0) is 14.8. The Bertz CT molecular complexity index is 786. The normalized spacial score (nSPS) is 11.0. The maximum atomic E-state index is 6.05. The van der Waals surface area contributed by atoms with Crippen LogP contribution in [0, 0.1) is 0 Å². The maximum absolute atomic E-state index is 6.05. The molecule has 1 N–H and O–H groups in total. The second-order valence-corrected chi connectivity index (χ2v) is 5.51. The Hall–Kier alpha value is -2.20. The minimum absolute atomic E-state index is 0.227. The third-order valence-electron chi connectivity index (χ3n) is 3.10. The molecule has 21 heavy (non-hydrogen) atoms. The molecular formula is C16H15ClN4. The van der Waals surface area contributed by atoms with Crippen LogP contribution in [0.5, 0.6) is 0 Å². The predicted octanol–water partition coefficient (Wildman–Crippen LogP) is 4.55. The third-order valence-corrected chi connectivity index (χ3v) is 3.30. The number of nitrogens with zero attached hydrogens (tertiary/aromatic N) is 3. The molecule has 0 saturated heterocycles. The first-order valence-electron chi connectivity index (χ1n) is 6.78. The number of anilines is 2. The second-order valence-electron chi connectivity index (χ2n) is 5.12. The number of hydrogen-bond donors (Lipinski definition) is 1. The van der Waals surface area contributed by atoms with Gasteiger partial charge in [-0.3, -0.25) is 4.98 Å². The number of fused-ring (bicyclic) bond motifs is 1. The molecule has 106 valence electrons. The van der Waals surface area contributed by atoms with Crippen molar-refractivity contribution in [2.75, 3.05) is 5.32 Å². The fourth-order valence-corrected chi connectivity index (χ4v) is 2.25. The average molecular weight is 299 g/mol. The summed E-state index contributed by atoms with van der Waals surface area (Å²) in [5, 5.41) is 4.79. The van der Waals surface area contributed by atoms with Gasteiger partial charge in [-0.25, -0.2) is 9.97 Å². The number of aromatic nitrogens is 3. The number of hydrogen-bond acceptors (Lipinski definition) is 4. The summed E-state index contributed by atoms with van der Waals surface area (Å²) < 4.78 is 0. The minimum atomic E-state index is 0.227. The van der Waals surface area contributed by atoms with Gasteiger partial charge in [0.15, 0.2) is 0 Å². The lowest BCUT2D eigenvalue weighted by Gasteiger charge is -2.10. The van der Waals surface area contributed by atoms with Crippen LogP contribution in [0.4, 0.5) is 11.5 Å². The number of benzene rings is 1. The van der Waals surface area contributed by atoms with Crippen LogP contribution in [0.15, 0.2) is 42.6 Å². The Kier molecular flexibility index (Phi) is 3.71. The lowest BCUT2D eigenvalue weighted by atomic mass is 10.2. The van der Waals surface area contributed by atoms with E-state index in [0.717, 1.165) is 22.4 Å². The average Bonchev–Trinajstić information content (AvgIpc) is 2.46. The SMILES string of the molecule is CC(C)c1nc(Cl)cc(Nc2ccc3ncccc3c2)n1. The molecule has 2 heterocycles. The van der Waals surface area contributed by atoms with Crippen molar-refractivity contribution in [2.24, 2.45) is 0 Å². The van der Waals surface area contributed by atoms with Gasteiger partial charge in [-0.1, -0.05) is 31.5 Å². The summed E-state index contributed by atoms with van der Waals surface area (Å²) in [5.74, 6) is 1.65. The maximum Gasteiger partial charge on any atom is 0.135 e. The van der Waals surface area contributed by atoms with Gasteiger partial charge in [-0.2, -0.15) is 0 Å². The Balaban J connectivity index is 1.94. The molecule has 5 heteroatoms. The standard InChI is InChI=1S/C16H15ClN4/c1-10(2)16-20-14(17)9-15(21-16)19-12-5-6-13-11(8-12)4-3-7-18-13/h3-10H,1-2H3,(H,19,20,21). The van der Waals surface area contributed by atoms with Crippen LogP contribution in [0.3, 0.4) is 0 Å². The Morgan fingerprint density at radius 1 is 1.10 bits per heavy atom. The molecular weight excluding hydrogens is 284 g/mol. The molecule has 0 spiro atoms. The zero-order valence-corrected chi connectivity index (χ0v) is 12.6. The molecule has 0 unspecified atom stereocenters. The minimum Gasteiger partial charge on any atom is -0.340 e. The number of pyridine rings is 1. The highest BCUT2D eigenvalue weighted by molar-refractivity contribution is 6.29. The smallest absolute Gasteiger partial charge is 0.135 e. The highest BCUT2D eigenvalue weighted by Gasteiger charge is 2.07. The van der Waals surface area contributed by atoms with E-state index in [1.165, 1.54) is 0 Å². The summed E-state index contributed by atoms with van der Waals surface area (Å²) in [5.41, 5.74) is 1.91. The molecule has 0 atom stereocenters. The highest BCUT2D eigenvalue weighted by Crippen LogP contribution is 2.23. The molecule has 4 nitrogen and oxygen atoms in total. The van der Waals surface area contributed by atoms with E-state index >= 15 is 0 Å². The molecule has 0 radical (unpaired) electrons. The molecule has 0 aliphatic carbocycles. The predicted molar refractivity (Wildman–Crippen MR) is 86.2 cm³/mol. The summed E-state index contributed by atoms with van der Waals surface area (Å²) in [6, 6.07) is 11.7. The van der Waals surface area contributed by atoms with E-state index in [-0.39, 0.29) is 5.92 Å². The zero-order valence-electron chi connectivity index (χ0n) is 11.8. The highest BCUT2D eigenvalue weighted by atomic mass is 35.5. The van der Waals surface area contributed by atoms with Crippen LogP contribution in [-0.4, -0.2) is 15.0 Å². The van der Waals surface area contributed by atoms with Crippen molar-refractivity contribution >= 4 is 34.0 Å². The van der Waals surface area contributed by atoms with Crippen molar-refractivity contribution in [3.05, 3.63) is 53.6 Å². The number of rotatable bonds is 3. The second kappa shape index (κ2) is 5.66. The quantitative estimate of drug-likeness (QED) is 0.721. The van der Waals surface area contributed by atoms with E-state index in [0.29, 0.717) is 11.0 Å². The fourth-order valence-electron chi connectivity index (χ4n) is 2.06. The van der Waals surface area contributed by atoms with Gasteiger partial charge in [-0.15, -0.1) is 0 Å². The molecule has 2 aromatic heterocycles. The Morgan fingerprint density at radius 2 is 1.95 bits per heavy atom. The molecule has 0 bridgehead atoms. The summed E-state index contributed by atoms with van der Waals surface area (Å²) >= 11 is 6.05.